The van der Waals surface area contributed by atoms with E-state index in [0.717, 1.165) is 28.0 Å². The SMILES string of the molecule is CNC1CC(c2ccc(Br)cc2)Oc2ccc(OC)cc21. The first-order valence-electron chi connectivity index (χ1n) is 6.98. The van der Waals surface area contributed by atoms with Crippen LogP contribution in [0.4, 0.5) is 0 Å². The van der Waals surface area contributed by atoms with E-state index in [1.807, 2.05) is 25.2 Å². The van der Waals surface area contributed by atoms with Gasteiger partial charge in [0.1, 0.15) is 17.6 Å². The Bertz CT molecular complexity index is 627. The normalized spacial score (nSPS) is 20.5. The van der Waals surface area contributed by atoms with Gasteiger partial charge >= 0.3 is 0 Å². The highest BCUT2D eigenvalue weighted by molar-refractivity contribution is 9.10. The van der Waals surface area contributed by atoms with Crippen LogP contribution in [0, 0.1) is 0 Å². The molecular weight excluding hydrogens is 330 g/mol. The van der Waals surface area contributed by atoms with Gasteiger partial charge in [0.2, 0.25) is 0 Å². The van der Waals surface area contributed by atoms with Crippen LogP contribution in [-0.2, 0) is 0 Å². The van der Waals surface area contributed by atoms with Crippen LogP contribution in [0.3, 0.4) is 0 Å². The summed E-state index contributed by atoms with van der Waals surface area (Å²) >= 11 is 3.47. The van der Waals surface area contributed by atoms with E-state index in [9.17, 15) is 0 Å². The van der Waals surface area contributed by atoms with Gasteiger partial charge in [-0.3, -0.25) is 0 Å². The first-order chi connectivity index (χ1) is 10.2. The average molecular weight is 348 g/mol. The molecule has 110 valence electrons. The van der Waals surface area contributed by atoms with Crippen LogP contribution >= 0.6 is 15.9 Å². The van der Waals surface area contributed by atoms with Crippen LogP contribution in [0.5, 0.6) is 11.5 Å². The molecule has 2 atom stereocenters. The molecule has 1 aliphatic rings. The first kappa shape index (κ1) is 14.4. The molecule has 21 heavy (non-hydrogen) atoms. The van der Waals surface area contributed by atoms with Gasteiger partial charge in [-0.2, -0.15) is 0 Å². The highest BCUT2D eigenvalue weighted by Gasteiger charge is 2.28. The van der Waals surface area contributed by atoms with E-state index in [1.54, 1.807) is 7.11 Å². The van der Waals surface area contributed by atoms with Gasteiger partial charge in [-0.25, -0.2) is 0 Å². The summed E-state index contributed by atoms with van der Waals surface area (Å²) in [6.07, 6.45) is 0.967. The zero-order valence-corrected chi connectivity index (χ0v) is 13.7. The fourth-order valence-electron chi connectivity index (χ4n) is 2.73. The number of ether oxygens (including phenoxy) is 2. The lowest BCUT2D eigenvalue weighted by atomic mass is 9.93. The topological polar surface area (TPSA) is 30.5 Å². The lowest BCUT2D eigenvalue weighted by molar-refractivity contribution is 0.153. The fraction of sp³-hybridized carbons (Fsp3) is 0.294. The van der Waals surface area contributed by atoms with Gasteiger partial charge in [0, 0.05) is 22.5 Å². The Morgan fingerprint density at radius 2 is 1.95 bits per heavy atom. The fourth-order valence-corrected chi connectivity index (χ4v) is 2.99. The van der Waals surface area contributed by atoms with Crippen molar-refractivity contribution in [3.8, 4) is 11.5 Å². The van der Waals surface area contributed by atoms with Crippen LogP contribution in [0.15, 0.2) is 46.9 Å². The molecule has 0 saturated heterocycles. The van der Waals surface area contributed by atoms with E-state index >= 15 is 0 Å². The molecule has 1 heterocycles. The predicted molar refractivity (Wildman–Crippen MR) is 86.9 cm³/mol. The second-order valence-electron chi connectivity index (χ2n) is 5.14. The summed E-state index contributed by atoms with van der Waals surface area (Å²) in [4.78, 5) is 0. The summed E-state index contributed by atoms with van der Waals surface area (Å²) in [5.41, 5.74) is 2.35. The summed E-state index contributed by atoms with van der Waals surface area (Å²) < 4.78 is 12.6. The first-order valence-corrected chi connectivity index (χ1v) is 7.78. The summed E-state index contributed by atoms with van der Waals surface area (Å²) in [6, 6.07) is 14.6. The summed E-state index contributed by atoms with van der Waals surface area (Å²) in [5, 5.41) is 3.38. The maximum atomic E-state index is 6.18. The maximum Gasteiger partial charge on any atom is 0.126 e. The number of methoxy groups -OCH3 is 1. The van der Waals surface area contributed by atoms with E-state index in [-0.39, 0.29) is 12.1 Å². The number of benzene rings is 2. The minimum atomic E-state index is 0.0662. The molecule has 1 N–H and O–H groups in total. The van der Waals surface area contributed by atoms with Crippen molar-refractivity contribution < 1.29 is 9.47 Å². The third kappa shape index (κ3) is 2.92. The van der Waals surface area contributed by atoms with Crippen LogP contribution in [0.1, 0.15) is 29.7 Å². The molecule has 3 nitrogen and oxygen atoms in total. The van der Waals surface area contributed by atoms with E-state index in [0.29, 0.717) is 0 Å². The molecule has 0 aliphatic carbocycles. The Morgan fingerprint density at radius 1 is 1.19 bits per heavy atom. The largest absolute Gasteiger partial charge is 0.497 e. The number of nitrogens with one attached hydrogen (secondary N) is 1. The number of hydrogen-bond acceptors (Lipinski definition) is 3. The number of halogens is 1. The maximum absolute atomic E-state index is 6.18. The minimum Gasteiger partial charge on any atom is -0.497 e. The molecular formula is C17H18BrNO2. The zero-order chi connectivity index (χ0) is 14.8. The second kappa shape index (κ2) is 6.08. The summed E-state index contributed by atoms with van der Waals surface area (Å²) in [5.74, 6) is 1.79. The molecule has 0 aromatic heterocycles. The molecule has 2 unspecified atom stereocenters. The standard InChI is InChI=1S/C17H18BrNO2/c1-19-15-10-17(11-3-5-12(18)6-4-11)21-16-8-7-13(20-2)9-14(15)16/h3-9,15,17,19H,10H2,1-2H3. The lowest BCUT2D eigenvalue weighted by Crippen LogP contribution is -2.26. The highest BCUT2D eigenvalue weighted by Crippen LogP contribution is 2.42. The molecule has 4 heteroatoms. The summed E-state index contributed by atoms with van der Waals surface area (Å²) in [6.45, 7) is 0. The van der Waals surface area contributed by atoms with Crippen molar-refractivity contribution in [3.05, 3.63) is 58.1 Å². The number of rotatable bonds is 3. The van der Waals surface area contributed by atoms with Crippen molar-refractivity contribution in [3.63, 3.8) is 0 Å². The average Bonchev–Trinajstić information content (AvgIpc) is 2.54. The quantitative estimate of drug-likeness (QED) is 0.900. The van der Waals surface area contributed by atoms with Gasteiger partial charge in [-0.05, 0) is 42.9 Å². The number of fused-ring (bicyclic) bond motifs is 1. The third-order valence-corrected chi connectivity index (χ3v) is 4.43. The Balaban J connectivity index is 1.93. The van der Waals surface area contributed by atoms with E-state index in [1.165, 1.54) is 5.56 Å². The molecule has 0 amide bonds. The zero-order valence-electron chi connectivity index (χ0n) is 12.1. The number of hydrogen-bond donors (Lipinski definition) is 1. The Kier molecular flexibility index (Phi) is 4.17. The van der Waals surface area contributed by atoms with Gasteiger partial charge in [0.15, 0.2) is 0 Å². The molecule has 3 rings (SSSR count). The lowest BCUT2D eigenvalue weighted by Gasteiger charge is -2.32. The molecule has 0 fully saturated rings. The van der Waals surface area contributed by atoms with Crippen molar-refractivity contribution in [1.29, 1.82) is 0 Å². The third-order valence-electron chi connectivity index (χ3n) is 3.90. The predicted octanol–water partition coefficient (Wildman–Crippen LogP) is 4.24. The molecule has 2 aromatic carbocycles. The van der Waals surface area contributed by atoms with Gasteiger partial charge in [-0.1, -0.05) is 28.1 Å². The van der Waals surface area contributed by atoms with Crippen molar-refractivity contribution in [2.24, 2.45) is 0 Å². The van der Waals surface area contributed by atoms with Crippen LogP contribution in [0.25, 0.3) is 0 Å². The highest BCUT2D eigenvalue weighted by atomic mass is 79.9. The molecule has 1 aliphatic heterocycles. The van der Waals surface area contributed by atoms with Crippen LogP contribution < -0.4 is 14.8 Å². The molecule has 0 radical (unpaired) electrons. The Hall–Kier alpha value is -1.52. The minimum absolute atomic E-state index is 0.0662. The van der Waals surface area contributed by atoms with E-state index in [2.05, 4.69) is 45.5 Å². The monoisotopic (exact) mass is 347 g/mol. The van der Waals surface area contributed by atoms with E-state index < -0.39 is 0 Å². The van der Waals surface area contributed by atoms with Crippen molar-refractivity contribution in [1.82, 2.24) is 5.32 Å². The summed E-state index contributed by atoms with van der Waals surface area (Å²) in [7, 11) is 3.67. The molecule has 0 spiro atoms. The molecule has 0 saturated carbocycles. The van der Waals surface area contributed by atoms with Crippen molar-refractivity contribution in [2.45, 2.75) is 18.6 Å². The second-order valence-corrected chi connectivity index (χ2v) is 6.05. The van der Waals surface area contributed by atoms with Gasteiger partial charge < -0.3 is 14.8 Å². The van der Waals surface area contributed by atoms with Gasteiger partial charge in [-0.15, -0.1) is 0 Å². The smallest absolute Gasteiger partial charge is 0.126 e. The van der Waals surface area contributed by atoms with Crippen LogP contribution in [-0.4, -0.2) is 14.2 Å². The van der Waals surface area contributed by atoms with Crippen LogP contribution in [0.2, 0.25) is 0 Å². The van der Waals surface area contributed by atoms with Gasteiger partial charge in [0.25, 0.3) is 0 Å². The Morgan fingerprint density at radius 3 is 2.62 bits per heavy atom. The Labute approximate surface area is 133 Å². The molecule has 0 bridgehead atoms. The molecule has 2 aromatic rings. The van der Waals surface area contributed by atoms with Crippen molar-refractivity contribution in [2.75, 3.05) is 14.2 Å². The van der Waals surface area contributed by atoms with Crippen molar-refractivity contribution >= 4 is 15.9 Å². The van der Waals surface area contributed by atoms with Gasteiger partial charge in [0.05, 0.1) is 7.11 Å². The van der Waals surface area contributed by atoms with E-state index in [4.69, 9.17) is 9.47 Å².